The standard InChI is InChI=1S/C33H33N5/c1-19(2)26-16-27(22-10-12-25-29(14-22)34-18-35-33(25)21(5)6)36-30-15-23(9-11-24(26)30)28-17-31(20(3)4)38-13-7-8-32(38)37-28/h7-21H,1-6H3. The van der Waals surface area contributed by atoms with Gasteiger partial charge in [-0.15, -0.1) is 0 Å². The SMILES string of the molecule is CC(C)c1cc(-c2ccc3c(C(C)C)ncnc3c2)nc2cc(-c3cc(C(C)C)n4cccc4n3)ccc12. The van der Waals surface area contributed by atoms with E-state index >= 15 is 0 Å². The van der Waals surface area contributed by atoms with Gasteiger partial charge in [-0.1, -0.05) is 65.8 Å². The van der Waals surface area contributed by atoms with Crippen LogP contribution in [-0.4, -0.2) is 24.3 Å². The first-order valence-corrected chi connectivity index (χ1v) is 13.5. The van der Waals surface area contributed by atoms with Gasteiger partial charge in [0.15, 0.2) is 0 Å². The first kappa shape index (κ1) is 24.2. The van der Waals surface area contributed by atoms with Crippen LogP contribution < -0.4 is 0 Å². The number of rotatable bonds is 5. The van der Waals surface area contributed by atoms with Crippen molar-refractivity contribution in [2.24, 2.45) is 0 Å². The Hall–Kier alpha value is -4.12. The molecule has 0 spiro atoms. The third kappa shape index (κ3) is 4.12. The van der Waals surface area contributed by atoms with Gasteiger partial charge in [0.25, 0.3) is 0 Å². The molecule has 0 atom stereocenters. The molecular formula is C33H33N5. The van der Waals surface area contributed by atoms with E-state index < -0.39 is 0 Å². The van der Waals surface area contributed by atoms with Crippen LogP contribution in [0.5, 0.6) is 0 Å². The molecule has 0 aliphatic rings. The molecule has 38 heavy (non-hydrogen) atoms. The van der Waals surface area contributed by atoms with Gasteiger partial charge in [0.2, 0.25) is 0 Å². The fourth-order valence-corrected chi connectivity index (χ4v) is 5.38. The highest BCUT2D eigenvalue weighted by atomic mass is 15.0. The molecule has 6 rings (SSSR count). The van der Waals surface area contributed by atoms with Crippen molar-refractivity contribution in [2.75, 3.05) is 0 Å². The van der Waals surface area contributed by atoms with Crippen molar-refractivity contribution in [3.8, 4) is 22.5 Å². The van der Waals surface area contributed by atoms with E-state index in [1.807, 2.05) is 0 Å². The van der Waals surface area contributed by atoms with E-state index in [1.54, 1.807) is 6.33 Å². The predicted molar refractivity (Wildman–Crippen MR) is 157 cm³/mol. The Morgan fingerprint density at radius 1 is 0.632 bits per heavy atom. The minimum atomic E-state index is 0.340. The predicted octanol–water partition coefficient (Wildman–Crippen LogP) is 8.53. The lowest BCUT2D eigenvalue weighted by Crippen LogP contribution is -2.01. The number of fused-ring (bicyclic) bond motifs is 3. The van der Waals surface area contributed by atoms with Crippen LogP contribution in [0.1, 0.15) is 76.2 Å². The van der Waals surface area contributed by atoms with E-state index in [-0.39, 0.29) is 0 Å². The van der Waals surface area contributed by atoms with Gasteiger partial charge in [-0.05, 0) is 59.7 Å². The fraction of sp³-hybridized carbons (Fsp3) is 0.273. The second-order valence-corrected chi connectivity index (χ2v) is 11.1. The third-order valence-electron chi connectivity index (χ3n) is 7.39. The zero-order chi connectivity index (χ0) is 26.6. The number of hydrogen-bond acceptors (Lipinski definition) is 4. The van der Waals surface area contributed by atoms with Crippen molar-refractivity contribution in [3.63, 3.8) is 0 Å². The Bertz CT molecular complexity index is 1810. The maximum atomic E-state index is 5.17. The van der Waals surface area contributed by atoms with Crippen molar-refractivity contribution in [3.05, 3.63) is 90.1 Å². The average molecular weight is 500 g/mol. The summed E-state index contributed by atoms with van der Waals surface area (Å²) in [7, 11) is 0. The van der Waals surface area contributed by atoms with Gasteiger partial charge >= 0.3 is 0 Å². The van der Waals surface area contributed by atoms with Crippen LogP contribution in [-0.2, 0) is 0 Å². The Morgan fingerprint density at radius 2 is 1.34 bits per heavy atom. The van der Waals surface area contributed by atoms with E-state index in [0.717, 1.165) is 50.3 Å². The lowest BCUT2D eigenvalue weighted by Gasteiger charge is -2.15. The van der Waals surface area contributed by atoms with Crippen LogP contribution >= 0.6 is 0 Å². The summed E-state index contributed by atoms with van der Waals surface area (Å²) in [4.78, 5) is 19.2. The summed E-state index contributed by atoms with van der Waals surface area (Å²) in [5, 5.41) is 2.29. The van der Waals surface area contributed by atoms with Crippen LogP contribution in [0.2, 0.25) is 0 Å². The van der Waals surface area contributed by atoms with Gasteiger partial charge in [0.1, 0.15) is 12.0 Å². The minimum absolute atomic E-state index is 0.340. The Labute approximate surface area is 223 Å². The Morgan fingerprint density at radius 3 is 2.05 bits per heavy atom. The third-order valence-corrected chi connectivity index (χ3v) is 7.39. The number of pyridine rings is 1. The van der Waals surface area contributed by atoms with Crippen molar-refractivity contribution >= 4 is 27.5 Å². The summed E-state index contributed by atoms with van der Waals surface area (Å²) < 4.78 is 2.18. The molecule has 2 aromatic carbocycles. The second kappa shape index (κ2) is 9.32. The maximum absolute atomic E-state index is 5.17. The first-order valence-electron chi connectivity index (χ1n) is 13.5. The van der Waals surface area contributed by atoms with Gasteiger partial charge in [-0.2, -0.15) is 0 Å². The molecule has 4 heterocycles. The number of hydrogen-bond donors (Lipinski definition) is 0. The lowest BCUT2D eigenvalue weighted by molar-refractivity contribution is 0.797. The summed E-state index contributed by atoms with van der Waals surface area (Å²) in [6.07, 6.45) is 3.75. The van der Waals surface area contributed by atoms with Crippen LogP contribution in [0.25, 0.3) is 50.0 Å². The molecule has 190 valence electrons. The molecule has 0 fully saturated rings. The van der Waals surface area contributed by atoms with Gasteiger partial charge < -0.3 is 4.40 Å². The molecule has 0 amide bonds. The molecule has 0 aliphatic carbocycles. The molecule has 0 aliphatic heterocycles. The molecule has 0 unspecified atom stereocenters. The normalized spacial score (nSPS) is 12.1. The van der Waals surface area contributed by atoms with Crippen LogP contribution in [0.15, 0.2) is 73.2 Å². The highest BCUT2D eigenvalue weighted by Crippen LogP contribution is 2.34. The summed E-state index contributed by atoms with van der Waals surface area (Å²) in [5.41, 5.74) is 10.6. The van der Waals surface area contributed by atoms with E-state index in [0.29, 0.717) is 17.8 Å². The molecular weight excluding hydrogens is 466 g/mol. The zero-order valence-electron chi connectivity index (χ0n) is 22.9. The number of aromatic nitrogens is 5. The summed E-state index contributed by atoms with van der Waals surface area (Å²) >= 11 is 0. The molecule has 0 saturated carbocycles. The molecule has 6 aromatic rings. The van der Waals surface area contributed by atoms with E-state index in [4.69, 9.17) is 9.97 Å². The molecule has 0 N–H and O–H groups in total. The average Bonchev–Trinajstić information content (AvgIpc) is 3.39. The smallest absolute Gasteiger partial charge is 0.137 e. The summed E-state index contributed by atoms with van der Waals surface area (Å²) in [5.74, 6) is 1.09. The van der Waals surface area contributed by atoms with Crippen molar-refractivity contribution in [1.29, 1.82) is 0 Å². The number of nitrogens with zero attached hydrogens (tertiary/aromatic N) is 5. The molecule has 4 aromatic heterocycles. The Kier molecular flexibility index (Phi) is 5.94. The van der Waals surface area contributed by atoms with Crippen LogP contribution in [0.4, 0.5) is 0 Å². The van der Waals surface area contributed by atoms with E-state index in [2.05, 4.69) is 123 Å². The van der Waals surface area contributed by atoms with E-state index in [9.17, 15) is 0 Å². The highest BCUT2D eigenvalue weighted by Gasteiger charge is 2.15. The zero-order valence-corrected chi connectivity index (χ0v) is 22.9. The van der Waals surface area contributed by atoms with Gasteiger partial charge in [0, 0.05) is 33.8 Å². The highest BCUT2D eigenvalue weighted by molar-refractivity contribution is 5.91. The van der Waals surface area contributed by atoms with Crippen LogP contribution in [0.3, 0.4) is 0 Å². The van der Waals surface area contributed by atoms with Crippen molar-refractivity contribution in [1.82, 2.24) is 24.3 Å². The molecule has 0 bridgehead atoms. The quantitative estimate of drug-likeness (QED) is 0.238. The minimum Gasteiger partial charge on any atom is -0.305 e. The molecule has 5 nitrogen and oxygen atoms in total. The maximum Gasteiger partial charge on any atom is 0.137 e. The van der Waals surface area contributed by atoms with Crippen LogP contribution in [0, 0.1) is 0 Å². The largest absolute Gasteiger partial charge is 0.305 e. The summed E-state index contributed by atoms with van der Waals surface area (Å²) in [6.45, 7) is 13.3. The van der Waals surface area contributed by atoms with Gasteiger partial charge in [0.05, 0.1) is 28.1 Å². The van der Waals surface area contributed by atoms with Gasteiger partial charge in [-0.3, -0.25) is 0 Å². The molecule has 0 radical (unpaired) electrons. The molecule has 0 saturated heterocycles. The van der Waals surface area contributed by atoms with Crippen molar-refractivity contribution in [2.45, 2.75) is 59.3 Å². The second-order valence-electron chi connectivity index (χ2n) is 11.1. The lowest BCUT2D eigenvalue weighted by atomic mass is 9.94. The van der Waals surface area contributed by atoms with Crippen molar-refractivity contribution < 1.29 is 0 Å². The first-order chi connectivity index (χ1) is 18.3. The summed E-state index contributed by atoms with van der Waals surface area (Å²) in [6, 6.07) is 21.6. The topological polar surface area (TPSA) is 56.0 Å². The number of benzene rings is 2. The monoisotopic (exact) mass is 499 g/mol. The fourth-order valence-electron chi connectivity index (χ4n) is 5.38. The Balaban J connectivity index is 1.52. The van der Waals surface area contributed by atoms with E-state index in [1.165, 1.54) is 16.6 Å². The molecule has 5 heteroatoms. The van der Waals surface area contributed by atoms with Gasteiger partial charge in [-0.25, -0.2) is 19.9 Å².